The topological polar surface area (TPSA) is 60.2 Å². The van der Waals surface area contributed by atoms with Crippen molar-refractivity contribution in [2.24, 2.45) is 5.73 Å². The molecule has 0 saturated heterocycles. The zero-order valence-electron chi connectivity index (χ0n) is 11.1. The van der Waals surface area contributed by atoms with E-state index in [1.807, 2.05) is 6.92 Å². The molecule has 0 unspecified atom stereocenters. The molecule has 1 atom stereocenters. The summed E-state index contributed by atoms with van der Waals surface area (Å²) in [6, 6.07) is 13.6. The number of aryl methyl sites for hydroxylation is 1. The standard InChI is InChI=1S/C15H16ClNO2S/c1-11-6-8-12(9-7-11)20(18,19)15(10-17)13-4-2-3-5-14(13)16/h2-9,15H,10,17H2,1H3/t15-/m1/s1. The van der Waals surface area contributed by atoms with Crippen molar-refractivity contribution in [1.82, 2.24) is 0 Å². The predicted octanol–water partition coefficient (Wildman–Crippen LogP) is 3.12. The van der Waals surface area contributed by atoms with E-state index in [4.69, 9.17) is 17.3 Å². The second-order valence-corrected chi connectivity index (χ2v) is 7.14. The van der Waals surface area contributed by atoms with Crippen LogP contribution in [0, 0.1) is 6.92 Å². The first-order chi connectivity index (χ1) is 9.46. The van der Waals surface area contributed by atoms with E-state index in [2.05, 4.69) is 0 Å². The summed E-state index contributed by atoms with van der Waals surface area (Å²) in [5.74, 6) is 0. The lowest BCUT2D eigenvalue weighted by Crippen LogP contribution is -2.22. The van der Waals surface area contributed by atoms with Crippen molar-refractivity contribution in [3.8, 4) is 0 Å². The van der Waals surface area contributed by atoms with Gasteiger partial charge in [0.1, 0.15) is 5.25 Å². The van der Waals surface area contributed by atoms with Gasteiger partial charge in [0.2, 0.25) is 0 Å². The van der Waals surface area contributed by atoms with Crippen molar-refractivity contribution in [3.63, 3.8) is 0 Å². The molecule has 0 amide bonds. The van der Waals surface area contributed by atoms with Gasteiger partial charge in [0.25, 0.3) is 0 Å². The average molecular weight is 310 g/mol. The Kier molecular flexibility index (Phi) is 4.48. The number of sulfone groups is 1. The first-order valence-corrected chi connectivity index (χ1v) is 8.14. The molecule has 0 spiro atoms. The molecule has 20 heavy (non-hydrogen) atoms. The average Bonchev–Trinajstić information content (AvgIpc) is 2.42. The predicted molar refractivity (Wildman–Crippen MR) is 81.6 cm³/mol. The first kappa shape index (κ1) is 15.0. The minimum atomic E-state index is -3.55. The van der Waals surface area contributed by atoms with Gasteiger partial charge < -0.3 is 5.73 Å². The zero-order chi connectivity index (χ0) is 14.8. The zero-order valence-corrected chi connectivity index (χ0v) is 12.7. The quantitative estimate of drug-likeness (QED) is 0.944. The van der Waals surface area contributed by atoms with E-state index in [-0.39, 0.29) is 11.4 Å². The normalized spacial score (nSPS) is 13.2. The third-order valence-electron chi connectivity index (χ3n) is 3.19. The highest BCUT2D eigenvalue weighted by Crippen LogP contribution is 2.32. The van der Waals surface area contributed by atoms with Gasteiger partial charge in [-0.15, -0.1) is 0 Å². The SMILES string of the molecule is Cc1ccc(S(=O)(=O)[C@H](CN)c2ccccc2Cl)cc1. The molecule has 0 saturated carbocycles. The summed E-state index contributed by atoms with van der Waals surface area (Å²) in [6.07, 6.45) is 0. The van der Waals surface area contributed by atoms with Crippen LogP contribution in [0.3, 0.4) is 0 Å². The second-order valence-electron chi connectivity index (χ2n) is 4.60. The monoisotopic (exact) mass is 309 g/mol. The van der Waals surface area contributed by atoms with Crippen molar-refractivity contribution < 1.29 is 8.42 Å². The van der Waals surface area contributed by atoms with Gasteiger partial charge in [0, 0.05) is 11.6 Å². The largest absolute Gasteiger partial charge is 0.329 e. The van der Waals surface area contributed by atoms with Gasteiger partial charge in [0.15, 0.2) is 9.84 Å². The van der Waals surface area contributed by atoms with Crippen LogP contribution in [0.25, 0.3) is 0 Å². The number of hydrogen-bond donors (Lipinski definition) is 1. The van der Waals surface area contributed by atoms with Crippen LogP contribution in [0.5, 0.6) is 0 Å². The van der Waals surface area contributed by atoms with E-state index >= 15 is 0 Å². The maximum atomic E-state index is 12.7. The Balaban J connectivity index is 2.51. The van der Waals surface area contributed by atoms with E-state index < -0.39 is 15.1 Å². The molecule has 2 N–H and O–H groups in total. The molecule has 0 aliphatic carbocycles. The van der Waals surface area contributed by atoms with Crippen molar-refractivity contribution in [2.75, 3.05) is 6.54 Å². The van der Waals surface area contributed by atoms with Gasteiger partial charge >= 0.3 is 0 Å². The van der Waals surface area contributed by atoms with Crippen LogP contribution in [0.4, 0.5) is 0 Å². The van der Waals surface area contributed by atoms with E-state index in [1.54, 1.807) is 48.5 Å². The van der Waals surface area contributed by atoms with Gasteiger partial charge in [-0.3, -0.25) is 0 Å². The van der Waals surface area contributed by atoms with Gasteiger partial charge in [-0.05, 0) is 30.7 Å². The number of halogens is 1. The lowest BCUT2D eigenvalue weighted by atomic mass is 10.1. The fourth-order valence-corrected chi connectivity index (χ4v) is 4.02. The smallest absolute Gasteiger partial charge is 0.186 e. The number of rotatable bonds is 4. The van der Waals surface area contributed by atoms with E-state index in [0.717, 1.165) is 5.56 Å². The minimum absolute atomic E-state index is 0.0139. The molecule has 2 aromatic rings. The molecule has 0 aliphatic rings. The highest BCUT2D eigenvalue weighted by atomic mass is 35.5. The summed E-state index contributed by atoms with van der Waals surface area (Å²) < 4.78 is 25.4. The van der Waals surface area contributed by atoms with E-state index in [1.165, 1.54) is 0 Å². The summed E-state index contributed by atoms with van der Waals surface area (Å²) in [5, 5.41) is -0.419. The highest BCUT2D eigenvalue weighted by molar-refractivity contribution is 7.91. The molecular formula is C15H16ClNO2S. The molecule has 2 aromatic carbocycles. The van der Waals surface area contributed by atoms with Crippen LogP contribution in [0.2, 0.25) is 5.02 Å². The maximum Gasteiger partial charge on any atom is 0.186 e. The highest BCUT2D eigenvalue weighted by Gasteiger charge is 2.29. The van der Waals surface area contributed by atoms with Crippen LogP contribution in [-0.2, 0) is 9.84 Å². The van der Waals surface area contributed by atoms with Crippen molar-refractivity contribution in [2.45, 2.75) is 17.1 Å². The molecule has 0 bridgehead atoms. The molecule has 3 nitrogen and oxygen atoms in total. The van der Waals surface area contributed by atoms with E-state index in [0.29, 0.717) is 10.6 Å². The number of hydrogen-bond acceptors (Lipinski definition) is 3. The Hall–Kier alpha value is -1.36. The Morgan fingerprint density at radius 1 is 1.10 bits per heavy atom. The minimum Gasteiger partial charge on any atom is -0.329 e. The fraction of sp³-hybridized carbons (Fsp3) is 0.200. The Labute approximate surface area is 124 Å². The Morgan fingerprint density at radius 3 is 2.25 bits per heavy atom. The molecule has 0 heterocycles. The maximum absolute atomic E-state index is 12.7. The van der Waals surface area contributed by atoms with Crippen molar-refractivity contribution in [3.05, 3.63) is 64.7 Å². The van der Waals surface area contributed by atoms with Gasteiger partial charge in [0.05, 0.1) is 4.90 Å². The van der Waals surface area contributed by atoms with Gasteiger partial charge in [-0.25, -0.2) is 8.42 Å². The lowest BCUT2D eigenvalue weighted by Gasteiger charge is -2.17. The van der Waals surface area contributed by atoms with Crippen molar-refractivity contribution in [1.29, 1.82) is 0 Å². The van der Waals surface area contributed by atoms with Crippen molar-refractivity contribution >= 4 is 21.4 Å². The van der Waals surface area contributed by atoms with Gasteiger partial charge in [-0.1, -0.05) is 47.5 Å². The Bertz CT molecular complexity index is 696. The van der Waals surface area contributed by atoms with Crippen LogP contribution in [0.1, 0.15) is 16.4 Å². The molecule has 0 radical (unpaired) electrons. The molecule has 2 rings (SSSR count). The van der Waals surface area contributed by atoms with Crippen LogP contribution in [-0.4, -0.2) is 15.0 Å². The fourth-order valence-electron chi connectivity index (χ4n) is 2.05. The van der Waals surface area contributed by atoms with Crippen LogP contribution < -0.4 is 5.73 Å². The molecular weight excluding hydrogens is 294 g/mol. The molecule has 5 heteroatoms. The summed E-state index contributed by atoms with van der Waals surface area (Å²) in [6.45, 7) is 1.89. The second kappa shape index (κ2) is 5.95. The summed E-state index contributed by atoms with van der Waals surface area (Å²) >= 11 is 6.10. The third-order valence-corrected chi connectivity index (χ3v) is 5.66. The number of nitrogens with two attached hydrogens (primary N) is 1. The molecule has 0 fully saturated rings. The summed E-state index contributed by atoms with van der Waals surface area (Å²) in [7, 11) is -3.55. The third kappa shape index (κ3) is 2.87. The Morgan fingerprint density at radius 2 is 1.70 bits per heavy atom. The lowest BCUT2D eigenvalue weighted by molar-refractivity contribution is 0.582. The number of benzene rings is 2. The summed E-state index contributed by atoms with van der Waals surface area (Å²) in [4.78, 5) is 0.262. The summed E-state index contributed by atoms with van der Waals surface area (Å²) in [5.41, 5.74) is 7.23. The van der Waals surface area contributed by atoms with Crippen LogP contribution in [0.15, 0.2) is 53.4 Å². The van der Waals surface area contributed by atoms with Gasteiger partial charge in [-0.2, -0.15) is 0 Å². The van der Waals surface area contributed by atoms with E-state index in [9.17, 15) is 8.42 Å². The molecule has 106 valence electrons. The van der Waals surface area contributed by atoms with Crippen LogP contribution >= 0.6 is 11.6 Å². The first-order valence-electron chi connectivity index (χ1n) is 6.22. The molecule has 0 aromatic heterocycles. The molecule has 0 aliphatic heterocycles.